The lowest BCUT2D eigenvalue weighted by Gasteiger charge is -2.29. The minimum Gasteiger partial charge on any atom is -0.467 e. The fourth-order valence-electron chi connectivity index (χ4n) is 4.93. The van der Waals surface area contributed by atoms with Gasteiger partial charge < -0.3 is 19.0 Å². The third-order valence-electron chi connectivity index (χ3n) is 6.99. The summed E-state index contributed by atoms with van der Waals surface area (Å²) >= 11 is 0. The van der Waals surface area contributed by atoms with Crippen molar-refractivity contribution in [1.29, 1.82) is 0 Å². The van der Waals surface area contributed by atoms with Crippen molar-refractivity contribution in [2.24, 2.45) is 5.92 Å². The van der Waals surface area contributed by atoms with E-state index in [0.717, 1.165) is 30.4 Å². The first-order valence-electron chi connectivity index (χ1n) is 12.6. The average Bonchev–Trinajstić information content (AvgIpc) is 3.23. The molecule has 188 valence electrons. The highest BCUT2D eigenvalue weighted by Gasteiger charge is 2.46. The highest BCUT2D eigenvalue weighted by molar-refractivity contribution is 5.88. The molecule has 1 aromatic heterocycles. The molecule has 6 nitrogen and oxygen atoms in total. The lowest BCUT2D eigenvalue weighted by atomic mass is 10.1. The molecule has 2 heterocycles. The fraction of sp³-hybridized carbons (Fsp3) is 0.379. The monoisotopic (exact) mass is 490 g/mol. The van der Waals surface area contributed by atoms with Crippen molar-refractivity contribution in [1.82, 2.24) is 9.80 Å². The molecule has 2 fully saturated rings. The highest BCUT2D eigenvalue weighted by Crippen LogP contribution is 2.48. The van der Waals surface area contributed by atoms with Crippen LogP contribution in [0.1, 0.15) is 42.1 Å². The number of amides is 2. The summed E-state index contributed by atoms with van der Waals surface area (Å²) in [4.78, 5) is 30.5. The predicted molar refractivity (Wildman–Crippen MR) is 132 cm³/mol. The van der Waals surface area contributed by atoms with Crippen molar-refractivity contribution in [3.8, 4) is 0 Å². The summed E-state index contributed by atoms with van der Waals surface area (Å²) in [5.74, 6) is 0.227. The zero-order valence-electron chi connectivity index (χ0n) is 20.2. The summed E-state index contributed by atoms with van der Waals surface area (Å²) < 4.78 is 24.7. The first kappa shape index (κ1) is 24.3. The zero-order chi connectivity index (χ0) is 24.9. The smallest absolute Gasteiger partial charge is 0.242 e. The number of rotatable bonds is 10. The molecule has 2 amide bonds. The van der Waals surface area contributed by atoms with Crippen molar-refractivity contribution in [3.05, 3.63) is 95.7 Å². The largest absolute Gasteiger partial charge is 0.467 e. The van der Waals surface area contributed by atoms with Gasteiger partial charge in [-0.15, -0.1) is 0 Å². The van der Waals surface area contributed by atoms with E-state index >= 15 is 0 Å². The van der Waals surface area contributed by atoms with Crippen molar-refractivity contribution in [3.63, 3.8) is 0 Å². The molecule has 0 bridgehead atoms. The standard InChI is InChI=1S/C29H31FN2O4/c30-23-12-10-21(11-13-23)17-31(18-24-8-4-14-35-24)28(33)20-32(19-25-9-5-15-36-25)29(34)27-16-26(27)22-6-2-1-3-7-22/h1-4,6-8,10-14,25-27H,5,9,15-20H2/t25?,26-,27?/m0/s1. The number of hydrogen-bond acceptors (Lipinski definition) is 4. The van der Waals surface area contributed by atoms with Crippen LogP contribution in [0, 0.1) is 11.7 Å². The van der Waals surface area contributed by atoms with Crippen LogP contribution in [0.2, 0.25) is 0 Å². The van der Waals surface area contributed by atoms with Crippen LogP contribution < -0.4 is 0 Å². The van der Waals surface area contributed by atoms with E-state index in [1.807, 2.05) is 24.3 Å². The highest BCUT2D eigenvalue weighted by atomic mass is 19.1. The van der Waals surface area contributed by atoms with Crippen LogP contribution in [-0.4, -0.2) is 47.4 Å². The van der Waals surface area contributed by atoms with Gasteiger partial charge in [-0.2, -0.15) is 0 Å². The number of benzene rings is 2. The predicted octanol–water partition coefficient (Wildman–Crippen LogP) is 4.76. The summed E-state index contributed by atoms with van der Waals surface area (Å²) in [5, 5.41) is 0. The molecule has 36 heavy (non-hydrogen) atoms. The Morgan fingerprint density at radius 2 is 1.75 bits per heavy atom. The van der Waals surface area contributed by atoms with Gasteiger partial charge in [0, 0.05) is 25.6 Å². The number of hydrogen-bond donors (Lipinski definition) is 0. The van der Waals surface area contributed by atoms with Crippen molar-refractivity contribution in [2.45, 2.75) is 44.4 Å². The van der Waals surface area contributed by atoms with Crippen LogP contribution in [0.3, 0.4) is 0 Å². The molecular formula is C29H31FN2O4. The molecular weight excluding hydrogens is 459 g/mol. The first-order chi connectivity index (χ1) is 17.6. The maximum atomic E-state index is 13.6. The fourth-order valence-corrected chi connectivity index (χ4v) is 4.93. The van der Waals surface area contributed by atoms with Gasteiger partial charge in [0.1, 0.15) is 11.6 Å². The van der Waals surface area contributed by atoms with Gasteiger partial charge in [-0.1, -0.05) is 42.5 Å². The van der Waals surface area contributed by atoms with Crippen molar-refractivity contribution in [2.75, 3.05) is 19.7 Å². The van der Waals surface area contributed by atoms with Crippen molar-refractivity contribution < 1.29 is 23.1 Å². The Hall–Kier alpha value is -3.45. The van der Waals surface area contributed by atoms with Gasteiger partial charge in [0.2, 0.25) is 11.8 Å². The number of carbonyl (C=O) groups is 2. The minimum absolute atomic E-state index is 0.00688. The second-order valence-corrected chi connectivity index (χ2v) is 9.67. The van der Waals surface area contributed by atoms with Crippen LogP contribution in [0.15, 0.2) is 77.4 Å². The van der Waals surface area contributed by atoms with Gasteiger partial charge in [-0.25, -0.2) is 4.39 Å². The van der Waals surface area contributed by atoms with Crippen molar-refractivity contribution >= 4 is 11.8 Å². The van der Waals surface area contributed by atoms with Gasteiger partial charge in [0.25, 0.3) is 0 Å². The molecule has 1 saturated carbocycles. The normalized spacial score (nSPS) is 20.8. The Balaban J connectivity index is 1.31. The maximum Gasteiger partial charge on any atom is 0.242 e. The molecule has 0 N–H and O–H groups in total. The Kier molecular flexibility index (Phi) is 7.47. The van der Waals surface area contributed by atoms with Crippen LogP contribution in [0.4, 0.5) is 4.39 Å². The Morgan fingerprint density at radius 1 is 0.944 bits per heavy atom. The van der Waals surface area contributed by atoms with E-state index in [1.165, 1.54) is 12.1 Å². The topological polar surface area (TPSA) is 63.0 Å². The molecule has 2 aliphatic rings. The van der Waals surface area contributed by atoms with Gasteiger partial charge in [-0.3, -0.25) is 9.59 Å². The van der Waals surface area contributed by atoms with Crippen LogP contribution in [0.25, 0.3) is 0 Å². The molecule has 3 aromatic rings. The molecule has 1 saturated heterocycles. The quantitative estimate of drug-likeness (QED) is 0.411. The zero-order valence-corrected chi connectivity index (χ0v) is 20.2. The summed E-state index contributed by atoms with van der Waals surface area (Å²) in [6.45, 7) is 1.62. The second kappa shape index (κ2) is 11.1. The average molecular weight is 491 g/mol. The van der Waals surface area contributed by atoms with E-state index < -0.39 is 0 Å². The minimum atomic E-state index is -0.326. The van der Waals surface area contributed by atoms with E-state index in [4.69, 9.17) is 9.15 Å². The molecule has 2 unspecified atom stereocenters. The van der Waals surface area contributed by atoms with E-state index in [-0.39, 0.29) is 55.2 Å². The van der Waals surface area contributed by atoms with E-state index in [9.17, 15) is 14.0 Å². The number of furan rings is 1. The summed E-state index contributed by atoms with van der Waals surface area (Å²) in [7, 11) is 0. The second-order valence-electron chi connectivity index (χ2n) is 9.67. The van der Waals surface area contributed by atoms with Crippen LogP contribution in [0.5, 0.6) is 0 Å². The van der Waals surface area contributed by atoms with Gasteiger partial charge in [0.15, 0.2) is 0 Å². The van der Waals surface area contributed by atoms with Gasteiger partial charge >= 0.3 is 0 Å². The Morgan fingerprint density at radius 3 is 2.44 bits per heavy atom. The molecule has 2 aromatic carbocycles. The molecule has 7 heteroatoms. The summed E-state index contributed by atoms with van der Waals surface area (Å²) in [5.41, 5.74) is 1.97. The van der Waals surface area contributed by atoms with Crippen LogP contribution >= 0.6 is 0 Å². The van der Waals surface area contributed by atoms with Gasteiger partial charge in [0.05, 0.1) is 25.5 Å². The SMILES string of the molecule is O=C(CN(CC1CCCO1)C(=O)C1C[C@H]1c1ccccc1)N(Cc1ccc(F)cc1)Cc1ccco1. The third kappa shape index (κ3) is 6.02. The summed E-state index contributed by atoms with van der Waals surface area (Å²) in [6, 6.07) is 19.8. The number of halogens is 1. The lowest BCUT2D eigenvalue weighted by Crippen LogP contribution is -2.46. The van der Waals surface area contributed by atoms with Crippen LogP contribution in [-0.2, 0) is 27.4 Å². The summed E-state index contributed by atoms with van der Waals surface area (Å²) in [6.07, 6.45) is 4.17. The molecule has 1 aliphatic carbocycles. The Labute approximate surface area is 210 Å². The Bertz CT molecular complexity index is 1140. The maximum absolute atomic E-state index is 13.6. The number of carbonyl (C=O) groups excluding carboxylic acids is 2. The van der Waals surface area contributed by atoms with E-state index in [1.54, 1.807) is 34.3 Å². The van der Waals surface area contributed by atoms with E-state index in [0.29, 0.717) is 18.9 Å². The molecule has 3 atom stereocenters. The molecule has 1 aliphatic heterocycles. The number of ether oxygens (including phenoxy) is 1. The van der Waals surface area contributed by atoms with E-state index in [2.05, 4.69) is 12.1 Å². The molecule has 0 radical (unpaired) electrons. The lowest BCUT2D eigenvalue weighted by molar-refractivity contribution is -0.143. The first-order valence-corrected chi connectivity index (χ1v) is 12.6. The molecule has 0 spiro atoms. The van der Waals surface area contributed by atoms with Gasteiger partial charge in [-0.05, 0) is 60.6 Å². The molecule has 5 rings (SSSR count). The third-order valence-corrected chi connectivity index (χ3v) is 6.99. The number of nitrogens with zero attached hydrogens (tertiary/aromatic N) is 2.